The van der Waals surface area contributed by atoms with Crippen LogP contribution in [0.5, 0.6) is 0 Å². The van der Waals surface area contributed by atoms with Crippen LogP contribution in [0.1, 0.15) is 81.9 Å². The van der Waals surface area contributed by atoms with Crippen molar-refractivity contribution >= 4 is 22.9 Å². The highest BCUT2D eigenvalue weighted by Gasteiger charge is 2.50. The van der Waals surface area contributed by atoms with Gasteiger partial charge < -0.3 is 20.4 Å². The van der Waals surface area contributed by atoms with E-state index in [0.717, 1.165) is 46.7 Å². The molecule has 6 heteroatoms. The van der Waals surface area contributed by atoms with Crippen molar-refractivity contribution in [1.29, 1.82) is 0 Å². The number of benzene rings is 2. The highest BCUT2D eigenvalue weighted by molar-refractivity contribution is 5.92. The molecule has 41 heavy (non-hydrogen) atoms. The number of nitrogens with one attached hydrogen (secondary N) is 3. The molecule has 8 rings (SSSR count). The zero-order valence-electron chi connectivity index (χ0n) is 24.1. The average molecular weight is 554 g/mol. The van der Waals surface area contributed by atoms with E-state index in [1.54, 1.807) is 0 Å². The van der Waals surface area contributed by atoms with Crippen LogP contribution in [-0.4, -0.2) is 28.6 Å². The third kappa shape index (κ3) is 5.26. The molecule has 4 bridgehead atoms. The normalized spacial score (nSPS) is 29.2. The van der Waals surface area contributed by atoms with Gasteiger partial charge in [0.1, 0.15) is 11.6 Å². The maximum atomic E-state index is 14.3. The topological polar surface area (TPSA) is 83.2 Å². The SMILES string of the molecule is CC(Cc1c[nH]c2ccccc12)(NC(=O)OC1C2CC3CC(C2)CC1C3)C(=O)NC(c1ccccc1)C1CCCC1. The number of amides is 2. The fourth-order valence-electron chi connectivity index (χ4n) is 9.01. The number of carbonyl (C=O) groups is 2. The summed E-state index contributed by atoms with van der Waals surface area (Å²) in [4.78, 5) is 31.3. The number of alkyl carbamates (subject to hydrolysis) is 1. The van der Waals surface area contributed by atoms with Crippen LogP contribution in [-0.2, 0) is 16.0 Å². The fourth-order valence-corrected chi connectivity index (χ4v) is 9.01. The van der Waals surface area contributed by atoms with E-state index in [-0.39, 0.29) is 18.1 Å². The molecule has 0 aliphatic heterocycles. The Balaban J connectivity index is 1.15. The molecule has 5 saturated carbocycles. The minimum atomic E-state index is -1.18. The summed E-state index contributed by atoms with van der Waals surface area (Å²) in [6.07, 6.45) is 12.5. The first-order valence-electron chi connectivity index (χ1n) is 15.8. The summed E-state index contributed by atoms with van der Waals surface area (Å²) in [6.45, 7) is 1.86. The van der Waals surface area contributed by atoms with Crippen molar-refractivity contribution in [3.05, 3.63) is 71.9 Å². The second-order valence-corrected chi connectivity index (χ2v) is 13.7. The van der Waals surface area contributed by atoms with Gasteiger partial charge in [-0.05, 0) is 98.7 Å². The first-order valence-corrected chi connectivity index (χ1v) is 15.8. The number of aromatic amines is 1. The lowest BCUT2D eigenvalue weighted by atomic mass is 9.55. The molecule has 3 N–H and O–H groups in total. The molecular weight excluding hydrogens is 510 g/mol. The van der Waals surface area contributed by atoms with Crippen LogP contribution in [0, 0.1) is 29.6 Å². The second kappa shape index (κ2) is 10.8. The molecule has 216 valence electrons. The van der Waals surface area contributed by atoms with Crippen molar-refractivity contribution in [2.24, 2.45) is 29.6 Å². The number of hydrogen-bond donors (Lipinski definition) is 3. The molecule has 0 saturated heterocycles. The number of ether oxygens (including phenoxy) is 1. The summed E-state index contributed by atoms with van der Waals surface area (Å²) in [5.41, 5.74) is 1.97. The third-order valence-corrected chi connectivity index (χ3v) is 10.8. The predicted octanol–water partition coefficient (Wildman–Crippen LogP) is 7.07. The lowest BCUT2D eigenvalue weighted by Crippen LogP contribution is -2.60. The van der Waals surface area contributed by atoms with Gasteiger partial charge >= 0.3 is 6.09 Å². The summed E-state index contributed by atoms with van der Waals surface area (Å²) in [6, 6.07) is 18.3. The highest BCUT2D eigenvalue weighted by atomic mass is 16.6. The van der Waals surface area contributed by atoms with E-state index in [1.165, 1.54) is 44.9 Å². The lowest BCUT2D eigenvalue weighted by Gasteiger charge is -2.53. The number of para-hydroxylation sites is 1. The van der Waals surface area contributed by atoms with E-state index in [1.807, 2.05) is 49.5 Å². The van der Waals surface area contributed by atoms with Crippen LogP contribution in [0.3, 0.4) is 0 Å². The van der Waals surface area contributed by atoms with Crippen LogP contribution in [0.25, 0.3) is 10.9 Å². The molecule has 1 heterocycles. The first-order chi connectivity index (χ1) is 19.9. The number of H-pyrrole nitrogens is 1. The standard InChI is InChI=1S/C35H43N3O3/c1-35(20-28-21-36-30-14-8-7-13-29(28)30,33(39)37-31(25-11-5-6-12-25)24-9-3-2-4-10-24)38-34(40)41-32-26-16-22-15-23(18-26)19-27(32)17-22/h2-4,7-10,13-14,21-23,25-27,31-32,36H,5-6,11-12,15-20H2,1H3,(H,37,39)(H,38,40). The lowest BCUT2D eigenvalue weighted by molar-refractivity contribution is -0.129. The number of rotatable bonds is 8. The van der Waals surface area contributed by atoms with Gasteiger partial charge in [0, 0.05) is 23.5 Å². The fraction of sp³-hybridized carbons (Fsp3) is 0.543. The van der Waals surface area contributed by atoms with Gasteiger partial charge in [0.05, 0.1) is 6.04 Å². The van der Waals surface area contributed by atoms with E-state index in [9.17, 15) is 9.59 Å². The minimum Gasteiger partial charge on any atom is -0.446 e. The Morgan fingerprint density at radius 1 is 0.927 bits per heavy atom. The second-order valence-electron chi connectivity index (χ2n) is 13.7. The summed E-state index contributed by atoms with van der Waals surface area (Å²) >= 11 is 0. The summed E-state index contributed by atoms with van der Waals surface area (Å²) in [5, 5.41) is 7.60. The smallest absolute Gasteiger partial charge is 0.408 e. The Hall–Kier alpha value is -3.28. The zero-order valence-corrected chi connectivity index (χ0v) is 24.1. The Morgan fingerprint density at radius 3 is 2.29 bits per heavy atom. The maximum Gasteiger partial charge on any atom is 0.408 e. The maximum absolute atomic E-state index is 14.3. The van der Waals surface area contributed by atoms with Gasteiger partial charge in [-0.25, -0.2) is 4.79 Å². The van der Waals surface area contributed by atoms with Crippen LogP contribution < -0.4 is 10.6 Å². The number of fused-ring (bicyclic) bond motifs is 1. The molecule has 5 fully saturated rings. The quantitative estimate of drug-likeness (QED) is 0.279. The van der Waals surface area contributed by atoms with Gasteiger partial charge in [0.2, 0.25) is 5.91 Å². The van der Waals surface area contributed by atoms with Gasteiger partial charge in [-0.2, -0.15) is 0 Å². The Morgan fingerprint density at radius 2 is 1.59 bits per heavy atom. The van der Waals surface area contributed by atoms with Crippen LogP contribution >= 0.6 is 0 Å². The highest BCUT2D eigenvalue weighted by Crippen LogP contribution is 2.54. The Labute approximate surface area is 243 Å². The van der Waals surface area contributed by atoms with Gasteiger partial charge in [-0.1, -0.05) is 61.4 Å². The Bertz CT molecular complexity index is 1370. The summed E-state index contributed by atoms with van der Waals surface area (Å²) in [7, 11) is 0. The molecule has 5 aliphatic carbocycles. The van der Waals surface area contributed by atoms with E-state index in [0.29, 0.717) is 24.2 Å². The number of hydrogen-bond acceptors (Lipinski definition) is 3. The van der Waals surface area contributed by atoms with Crippen molar-refractivity contribution in [1.82, 2.24) is 15.6 Å². The summed E-state index contributed by atoms with van der Waals surface area (Å²) in [5.74, 6) is 2.78. The molecule has 2 atom stereocenters. The summed E-state index contributed by atoms with van der Waals surface area (Å²) < 4.78 is 6.23. The van der Waals surface area contributed by atoms with E-state index >= 15 is 0 Å². The van der Waals surface area contributed by atoms with Gasteiger partial charge in [0.15, 0.2) is 0 Å². The van der Waals surface area contributed by atoms with E-state index in [2.05, 4.69) is 33.8 Å². The molecule has 0 spiro atoms. The zero-order chi connectivity index (χ0) is 28.0. The minimum absolute atomic E-state index is 0.0289. The van der Waals surface area contributed by atoms with Crippen LogP contribution in [0.2, 0.25) is 0 Å². The van der Waals surface area contributed by atoms with Crippen LogP contribution in [0.4, 0.5) is 4.79 Å². The first kappa shape index (κ1) is 26.6. The number of carbonyl (C=O) groups excluding carboxylic acids is 2. The third-order valence-electron chi connectivity index (χ3n) is 10.8. The van der Waals surface area contributed by atoms with Crippen molar-refractivity contribution in [3.8, 4) is 0 Å². The molecule has 6 nitrogen and oxygen atoms in total. The molecule has 2 unspecified atom stereocenters. The molecule has 3 aromatic rings. The molecule has 2 amide bonds. The van der Waals surface area contributed by atoms with Crippen molar-refractivity contribution in [2.75, 3.05) is 0 Å². The Kier molecular flexibility index (Phi) is 7.04. The molecule has 0 radical (unpaired) electrons. The molecule has 5 aliphatic rings. The monoisotopic (exact) mass is 553 g/mol. The van der Waals surface area contributed by atoms with E-state index < -0.39 is 11.6 Å². The van der Waals surface area contributed by atoms with Crippen molar-refractivity contribution < 1.29 is 14.3 Å². The molecule has 2 aromatic carbocycles. The van der Waals surface area contributed by atoms with Gasteiger partial charge in [-0.3, -0.25) is 4.79 Å². The number of aromatic nitrogens is 1. The van der Waals surface area contributed by atoms with Crippen molar-refractivity contribution in [2.45, 2.75) is 88.8 Å². The van der Waals surface area contributed by atoms with Gasteiger partial charge in [0.25, 0.3) is 0 Å². The predicted molar refractivity (Wildman–Crippen MR) is 160 cm³/mol. The van der Waals surface area contributed by atoms with Crippen molar-refractivity contribution in [3.63, 3.8) is 0 Å². The molecule has 1 aromatic heterocycles. The van der Waals surface area contributed by atoms with Gasteiger partial charge in [-0.15, -0.1) is 0 Å². The largest absolute Gasteiger partial charge is 0.446 e. The van der Waals surface area contributed by atoms with Crippen LogP contribution in [0.15, 0.2) is 60.8 Å². The average Bonchev–Trinajstić information content (AvgIpc) is 3.64. The van der Waals surface area contributed by atoms with E-state index in [4.69, 9.17) is 4.74 Å². The molecular formula is C35H43N3O3.